The van der Waals surface area contributed by atoms with Crippen LogP contribution in [0.4, 0.5) is 5.82 Å². The van der Waals surface area contributed by atoms with Crippen LogP contribution in [-0.4, -0.2) is 36.1 Å². The Kier molecular flexibility index (Phi) is 5.42. The van der Waals surface area contributed by atoms with Gasteiger partial charge in [0.25, 0.3) is 11.1 Å². The van der Waals surface area contributed by atoms with Crippen LogP contribution in [0.3, 0.4) is 0 Å². The number of thioether (sulfide) groups is 1. The van der Waals surface area contributed by atoms with Gasteiger partial charge in [-0.25, -0.2) is 9.67 Å². The number of aromatic nitrogens is 5. The number of thiazole rings is 1. The van der Waals surface area contributed by atoms with Crippen LogP contribution in [0.2, 0.25) is 0 Å². The lowest BCUT2D eigenvalue weighted by Gasteiger charge is -2.13. The zero-order chi connectivity index (χ0) is 18.8. The van der Waals surface area contributed by atoms with Gasteiger partial charge in [-0.15, -0.1) is 21.5 Å². The van der Waals surface area contributed by atoms with Crippen molar-refractivity contribution in [2.45, 2.75) is 51.1 Å². The predicted octanol–water partition coefficient (Wildman–Crippen LogP) is 3.71. The second-order valence-electron chi connectivity index (χ2n) is 6.02. The van der Waals surface area contributed by atoms with Crippen LogP contribution in [-0.2, 0) is 4.79 Å². The Labute approximate surface area is 159 Å². The number of anilines is 1. The number of carbonyl (C=O) groups is 1. The molecular formula is C16H20N6O2S2. The molecule has 0 aliphatic rings. The lowest BCUT2D eigenvalue weighted by atomic mass is 10.4. The first-order valence-electron chi connectivity index (χ1n) is 8.14. The lowest BCUT2D eigenvalue weighted by molar-refractivity contribution is -0.115. The van der Waals surface area contributed by atoms with Gasteiger partial charge in [-0.05, 0) is 34.6 Å². The molecule has 0 saturated carbocycles. The maximum Gasteiger partial charge on any atom is 0.277 e. The monoisotopic (exact) mass is 392 g/mol. The molecule has 0 radical (unpaired) electrons. The third-order valence-corrected chi connectivity index (χ3v) is 5.56. The van der Waals surface area contributed by atoms with Gasteiger partial charge in [0.15, 0.2) is 0 Å². The first-order chi connectivity index (χ1) is 12.3. The number of hydrogen-bond acceptors (Lipinski definition) is 8. The van der Waals surface area contributed by atoms with E-state index in [4.69, 9.17) is 4.42 Å². The summed E-state index contributed by atoms with van der Waals surface area (Å²) in [5.41, 5.74) is 0.862. The number of hydrogen-bond donors (Lipinski definition) is 1. The van der Waals surface area contributed by atoms with Gasteiger partial charge in [-0.1, -0.05) is 11.8 Å². The van der Waals surface area contributed by atoms with Gasteiger partial charge in [0.1, 0.15) is 10.7 Å². The molecule has 0 aromatic carbocycles. The van der Waals surface area contributed by atoms with E-state index in [-0.39, 0.29) is 11.9 Å². The molecule has 1 unspecified atom stereocenters. The third kappa shape index (κ3) is 3.96. The van der Waals surface area contributed by atoms with Crippen molar-refractivity contribution in [3.63, 3.8) is 0 Å². The molecule has 0 aliphatic carbocycles. The highest BCUT2D eigenvalue weighted by molar-refractivity contribution is 8.00. The van der Waals surface area contributed by atoms with Crippen LogP contribution in [0.1, 0.15) is 37.5 Å². The number of amides is 1. The second-order valence-corrected chi connectivity index (χ2v) is 8.52. The number of nitrogens with zero attached hydrogens (tertiary/aromatic N) is 5. The van der Waals surface area contributed by atoms with E-state index < -0.39 is 5.25 Å². The lowest BCUT2D eigenvalue weighted by Crippen LogP contribution is -2.24. The maximum atomic E-state index is 12.5. The van der Waals surface area contributed by atoms with E-state index in [1.807, 2.05) is 27.7 Å². The zero-order valence-electron chi connectivity index (χ0n) is 15.2. The van der Waals surface area contributed by atoms with E-state index in [2.05, 4.69) is 25.6 Å². The van der Waals surface area contributed by atoms with Crippen LogP contribution in [0.5, 0.6) is 0 Å². The zero-order valence-corrected chi connectivity index (χ0v) is 16.8. The van der Waals surface area contributed by atoms with Crippen molar-refractivity contribution in [2.24, 2.45) is 0 Å². The average molecular weight is 393 g/mol. The summed E-state index contributed by atoms with van der Waals surface area (Å²) in [7, 11) is 0. The summed E-state index contributed by atoms with van der Waals surface area (Å²) in [6.07, 6.45) is 1.66. The first-order valence-corrected chi connectivity index (χ1v) is 9.83. The molecule has 3 aromatic heterocycles. The van der Waals surface area contributed by atoms with E-state index in [0.29, 0.717) is 16.9 Å². The van der Waals surface area contributed by atoms with E-state index in [0.717, 1.165) is 15.6 Å². The summed E-state index contributed by atoms with van der Waals surface area (Å²) in [4.78, 5) is 17.7. The van der Waals surface area contributed by atoms with Gasteiger partial charge >= 0.3 is 0 Å². The molecule has 26 heavy (non-hydrogen) atoms. The molecule has 3 aromatic rings. The smallest absolute Gasteiger partial charge is 0.277 e. The highest BCUT2D eigenvalue weighted by Gasteiger charge is 2.21. The molecule has 0 aliphatic heterocycles. The quantitative estimate of drug-likeness (QED) is 0.638. The van der Waals surface area contributed by atoms with Crippen molar-refractivity contribution >= 4 is 34.8 Å². The molecule has 0 fully saturated rings. The van der Waals surface area contributed by atoms with Crippen LogP contribution >= 0.6 is 23.1 Å². The molecule has 0 spiro atoms. The summed E-state index contributed by atoms with van der Waals surface area (Å²) in [5.74, 6) is 0.947. The molecule has 3 rings (SSSR count). The minimum atomic E-state index is -0.400. The minimum absolute atomic E-state index is 0.151. The summed E-state index contributed by atoms with van der Waals surface area (Å²) < 4.78 is 7.45. The third-order valence-electron chi connectivity index (χ3n) is 3.56. The Balaban J connectivity index is 1.66. The SMILES string of the molecule is Cc1nc(C)c(-c2nnc(SC(C)C(=O)Nc3ccnn3C(C)C)o2)s1. The molecular weight excluding hydrogens is 372 g/mol. The Morgan fingerprint density at radius 3 is 2.73 bits per heavy atom. The number of aryl methyl sites for hydroxylation is 2. The van der Waals surface area contributed by atoms with Crippen molar-refractivity contribution < 1.29 is 9.21 Å². The number of carbonyl (C=O) groups excluding carboxylic acids is 1. The summed E-state index contributed by atoms with van der Waals surface area (Å²) >= 11 is 2.73. The van der Waals surface area contributed by atoms with E-state index >= 15 is 0 Å². The molecule has 0 bridgehead atoms. The highest BCUT2D eigenvalue weighted by Crippen LogP contribution is 2.31. The molecule has 0 saturated heterocycles. The standard InChI is InChI=1S/C16H20N6O2S2/c1-8(2)22-12(6-7-17-22)19-14(23)10(4)25-16-21-20-15(24-16)13-9(3)18-11(5)26-13/h6-8,10H,1-5H3,(H,19,23). The van der Waals surface area contributed by atoms with Crippen molar-refractivity contribution in [1.29, 1.82) is 0 Å². The van der Waals surface area contributed by atoms with Gasteiger partial charge < -0.3 is 9.73 Å². The van der Waals surface area contributed by atoms with Gasteiger partial charge in [0.05, 0.1) is 22.1 Å². The predicted molar refractivity (Wildman–Crippen MR) is 101 cm³/mol. The summed E-state index contributed by atoms with van der Waals surface area (Å²) in [6, 6.07) is 1.93. The van der Waals surface area contributed by atoms with Gasteiger partial charge in [0.2, 0.25) is 5.91 Å². The van der Waals surface area contributed by atoms with Gasteiger partial charge in [-0.3, -0.25) is 4.79 Å². The fourth-order valence-electron chi connectivity index (χ4n) is 2.34. The number of rotatable bonds is 6. The fourth-order valence-corrected chi connectivity index (χ4v) is 3.86. The van der Waals surface area contributed by atoms with Crippen LogP contribution < -0.4 is 5.32 Å². The Bertz CT molecular complexity index is 914. The van der Waals surface area contributed by atoms with E-state index in [1.165, 1.54) is 23.1 Å². The highest BCUT2D eigenvalue weighted by atomic mass is 32.2. The van der Waals surface area contributed by atoms with E-state index in [1.54, 1.807) is 23.9 Å². The fraction of sp³-hybridized carbons (Fsp3) is 0.438. The Hall–Kier alpha value is -2.20. The van der Waals surface area contributed by atoms with Crippen LogP contribution in [0.25, 0.3) is 10.8 Å². The Morgan fingerprint density at radius 1 is 1.31 bits per heavy atom. The molecule has 1 N–H and O–H groups in total. The second kappa shape index (κ2) is 7.58. The Morgan fingerprint density at radius 2 is 2.08 bits per heavy atom. The topological polar surface area (TPSA) is 98.7 Å². The normalized spacial score (nSPS) is 12.5. The molecule has 8 nitrogen and oxygen atoms in total. The van der Waals surface area contributed by atoms with Gasteiger partial charge in [0, 0.05) is 12.1 Å². The van der Waals surface area contributed by atoms with Crippen LogP contribution in [0, 0.1) is 13.8 Å². The maximum absolute atomic E-state index is 12.5. The molecule has 10 heteroatoms. The molecule has 1 amide bonds. The number of nitrogens with one attached hydrogen (secondary N) is 1. The average Bonchev–Trinajstić information content (AvgIpc) is 3.27. The molecule has 138 valence electrons. The largest absolute Gasteiger partial charge is 0.410 e. The summed E-state index contributed by atoms with van der Waals surface area (Å²) in [5, 5.41) is 16.1. The van der Waals surface area contributed by atoms with Gasteiger partial charge in [-0.2, -0.15) is 5.10 Å². The summed E-state index contributed by atoms with van der Waals surface area (Å²) in [6.45, 7) is 9.64. The minimum Gasteiger partial charge on any atom is -0.410 e. The first kappa shape index (κ1) is 18.6. The van der Waals surface area contributed by atoms with Crippen molar-refractivity contribution in [3.8, 4) is 10.8 Å². The van der Waals surface area contributed by atoms with Crippen molar-refractivity contribution in [3.05, 3.63) is 23.0 Å². The van der Waals surface area contributed by atoms with Crippen molar-refractivity contribution in [2.75, 3.05) is 5.32 Å². The van der Waals surface area contributed by atoms with Crippen LogP contribution in [0.15, 0.2) is 21.9 Å². The van der Waals surface area contributed by atoms with Crippen molar-refractivity contribution in [1.82, 2.24) is 25.0 Å². The molecule has 3 heterocycles. The van der Waals surface area contributed by atoms with E-state index in [9.17, 15) is 4.79 Å². The molecule has 1 atom stereocenters.